The normalized spacial score (nSPS) is 21.8. The fourth-order valence-electron chi connectivity index (χ4n) is 2.61. The lowest BCUT2D eigenvalue weighted by molar-refractivity contribution is -0.385. The average molecular weight is 314 g/mol. The van der Waals surface area contributed by atoms with E-state index >= 15 is 0 Å². The largest absolute Gasteiger partial charge is 0.396 e. The minimum absolute atomic E-state index is 0.00978. The Kier molecular flexibility index (Phi) is 5.08. The second-order valence-corrected chi connectivity index (χ2v) is 5.48. The van der Waals surface area contributed by atoms with E-state index in [1.807, 2.05) is 0 Å². The number of rotatable bonds is 4. The summed E-state index contributed by atoms with van der Waals surface area (Å²) in [4.78, 5) is 26.2. The first kappa shape index (κ1) is 15.7. The molecule has 0 bridgehead atoms. The van der Waals surface area contributed by atoms with Crippen LogP contribution in [0.25, 0.3) is 0 Å². The fraction of sp³-hybridized carbons (Fsp3) is 0.538. The van der Waals surface area contributed by atoms with Crippen molar-refractivity contribution >= 4 is 23.2 Å². The molecular weight excluding hydrogens is 298 g/mol. The third-order valence-electron chi connectivity index (χ3n) is 3.75. The van der Waals surface area contributed by atoms with Crippen LogP contribution in [0.2, 0.25) is 5.15 Å². The number of nitro groups is 1. The summed E-state index contributed by atoms with van der Waals surface area (Å²) in [5, 5.41) is 23.1. The standard InChI is InChI=1S/C13H16ClN3O4/c14-12-5-9(11(6-15-12)17(20)21)13(19)16-10-4-2-1-3-8(10)7-18/h5-6,8,10,18H,1-4,7H2,(H,16,19). The van der Waals surface area contributed by atoms with Gasteiger partial charge < -0.3 is 10.4 Å². The predicted octanol–water partition coefficient (Wildman–Crippen LogP) is 1.92. The molecule has 1 amide bonds. The van der Waals surface area contributed by atoms with E-state index < -0.39 is 10.8 Å². The lowest BCUT2D eigenvalue weighted by atomic mass is 9.85. The van der Waals surface area contributed by atoms with Crippen LogP contribution >= 0.6 is 11.6 Å². The molecule has 1 saturated carbocycles. The van der Waals surface area contributed by atoms with Crippen LogP contribution in [0.5, 0.6) is 0 Å². The zero-order valence-corrected chi connectivity index (χ0v) is 12.0. The number of aliphatic hydroxyl groups excluding tert-OH is 1. The Morgan fingerprint density at radius 2 is 2.24 bits per heavy atom. The van der Waals surface area contributed by atoms with E-state index in [4.69, 9.17) is 11.6 Å². The summed E-state index contributed by atoms with van der Waals surface area (Å²) in [6.45, 7) is -0.00978. The van der Waals surface area contributed by atoms with Gasteiger partial charge in [0.05, 0.1) is 4.92 Å². The van der Waals surface area contributed by atoms with Gasteiger partial charge in [0.2, 0.25) is 0 Å². The van der Waals surface area contributed by atoms with Crippen molar-refractivity contribution in [2.24, 2.45) is 5.92 Å². The third-order valence-corrected chi connectivity index (χ3v) is 3.96. The molecule has 1 fully saturated rings. The summed E-state index contributed by atoms with van der Waals surface area (Å²) in [5.41, 5.74) is -0.490. The molecule has 1 heterocycles. The Labute approximate surface area is 126 Å². The fourth-order valence-corrected chi connectivity index (χ4v) is 2.77. The summed E-state index contributed by atoms with van der Waals surface area (Å²) in [6, 6.07) is 1.01. The van der Waals surface area contributed by atoms with Gasteiger partial charge in [0.1, 0.15) is 16.9 Å². The second-order valence-electron chi connectivity index (χ2n) is 5.09. The molecule has 0 aromatic carbocycles. The molecule has 2 atom stereocenters. The molecule has 1 aliphatic carbocycles. The van der Waals surface area contributed by atoms with Crippen LogP contribution in [0, 0.1) is 16.0 Å². The number of pyridine rings is 1. The highest BCUT2D eigenvalue weighted by Crippen LogP contribution is 2.26. The quantitative estimate of drug-likeness (QED) is 0.502. The molecule has 2 unspecified atom stereocenters. The number of carbonyl (C=O) groups is 1. The van der Waals surface area contributed by atoms with E-state index in [2.05, 4.69) is 10.3 Å². The second kappa shape index (κ2) is 6.82. The zero-order chi connectivity index (χ0) is 15.4. The van der Waals surface area contributed by atoms with E-state index in [0.717, 1.165) is 31.9 Å². The third kappa shape index (κ3) is 3.68. The van der Waals surface area contributed by atoms with Crippen molar-refractivity contribution < 1.29 is 14.8 Å². The minimum Gasteiger partial charge on any atom is -0.396 e. The van der Waals surface area contributed by atoms with Crippen LogP contribution in [-0.2, 0) is 0 Å². The van der Waals surface area contributed by atoms with E-state index in [1.165, 1.54) is 6.07 Å². The molecule has 1 aliphatic rings. The summed E-state index contributed by atoms with van der Waals surface area (Å²) >= 11 is 5.71. The summed E-state index contributed by atoms with van der Waals surface area (Å²) in [5.74, 6) is -0.574. The topological polar surface area (TPSA) is 105 Å². The highest BCUT2D eigenvalue weighted by atomic mass is 35.5. The maximum absolute atomic E-state index is 12.3. The molecule has 0 radical (unpaired) electrons. The van der Waals surface area contributed by atoms with Gasteiger partial charge in [0.15, 0.2) is 0 Å². The van der Waals surface area contributed by atoms with Gasteiger partial charge in [-0.2, -0.15) is 0 Å². The van der Waals surface area contributed by atoms with Crippen LogP contribution in [0.4, 0.5) is 5.69 Å². The van der Waals surface area contributed by atoms with E-state index in [1.54, 1.807) is 0 Å². The van der Waals surface area contributed by atoms with Crippen molar-refractivity contribution in [2.45, 2.75) is 31.7 Å². The number of carbonyl (C=O) groups excluding carboxylic acids is 1. The molecule has 1 aromatic rings. The van der Waals surface area contributed by atoms with Crippen molar-refractivity contribution in [3.63, 3.8) is 0 Å². The van der Waals surface area contributed by atoms with Crippen LogP contribution < -0.4 is 5.32 Å². The van der Waals surface area contributed by atoms with Crippen molar-refractivity contribution in [3.05, 3.63) is 33.1 Å². The summed E-state index contributed by atoms with van der Waals surface area (Å²) in [6.07, 6.45) is 4.53. The van der Waals surface area contributed by atoms with Gasteiger partial charge in [0.25, 0.3) is 11.6 Å². The number of halogens is 1. The minimum atomic E-state index is -0.664. The van der Waals surface area contributed by atoms with E-state index in [9.17, 15) is 20.0 Å². The monoisotopic (exact) mass is 313 g/mol. The molecule has 7 nitrogen and oxygen atoms in total. The molecule has 2 N–H and O–H groups in total. The van der Waals surface area contributed by atoms with Crippen LogP contribution in [0.1, 0.15) is 36.0 Å². The summed E-state index contributed by atoms with van der Waals surface area (Å²) in [7, 11) is 0. The highest BCUT2D eigenvalue weighted by molar-refractivity contribution is 6.29. The Morgan fingerprint density at radius 3 is 2.90 bits per heavy atom. The maximum Gasteiger partial charge on any atom is 0.300 e. The smallest absolute Gasteiger partial charge is 0.300 e. The van der Waals surface area contributed by atoms with Crippen LogP contribution in [-0.4, -0.2) is 33.6 Å². The lowest BCUT2D eigenvalue weighted by Crippen LogP contribution is -2.43. The predicted molar refractivity (Wildman–Crippen MR) is 76.2 cm³/mol. The first-order valence-corrected chi connectivity index (χ1v) is 7.12. The zero-order valence-electron chi connectivity index (χ0n) is 11.3. The van der Waals surface area contributed by atoms with Crippen LogP contribution in [0.3, 0.4) is 0 Å². The number of nitrogens with zero attached hydrogens (tertiary/aromatic N) is 2. The van der Waals surface area contributed by atoms with Gasteiger partial charge in [-0.25, -0.2) is 4.98 Å². The van der Waals surface area contributed by atoms with Gasteiger partial charge >= 0.3 is 0 Å². The lowest BCUT2D eigenvalue weighted by Gasteiger charge is -2.30. The number of hydrogen-bond acceptors (Lipinski definition) is 5. The molecule has 2 rings (SSSR count). The van der Waals surface area contributed by atoms with E-state index in [0.29, 0.717) is 0 Å². The Balaban J connectivity index is 2.19. The first-order chi connectivity index (χ1) is 10.0. The summed E-state index contributed by atoms with van der Waals surface area (Å²) < 4.78 is 0. The Morgan fingerprint density at radius 1 is 1.52 bits per heavy atom. The van der Waals surface area contributed by atoms with Crippen molar-refractivity contribution in [2.75, 3.05) is 6.61 Å². The van der Waals surface area contributed by atoms with Gasteiger partial charge in [-0.1, -0.05) is 24.4 Å². The number of hydrogen-bond donors (Lipinski definition) is 2. The number of amides is 1. The number of nitrogens with one attached hydrogen (secondary N) is 1. The molecule has 0 spiro atoms. The van der Waals surface area contributed by atoms with Gasteiger partial charge in [-0.15, -0.1) is 0 Å². The van der Waals surface area contributed by atoms with Crippen molar-refractivity contribution in [3.8, 4) is 0 Å². The van der Waals surface area contributed by atoms with Gasteiger partial charge in [-0.05, 0) is 18.9 Å². The molecule has 8 heteroatoms. The average Bonchev–Trinajstić information content (AvgIpc) is 2.47. The van der Waals surface area contributed by atoms with Crippen molar-refractivity contribution in [1.82, 2.24) is 10.3 Å². The highest BCUT2D eigenvalue weighted by Gasteiger charge is 2.29. The van der Waals surface area contributed by atoms with E-state index in [-0.39, 0.29) is 35.0 Å². The van der Waals surface area contributed by atoms with Gasteiger partial charge in [0, 0.05) is 18.6 Å². The Hall–Kier alpha value is -1.73. The number of aliphatic hydroxyl groups is 1. The van der Waals surface area contributed by atoms with Crippen molar-refractivity contribution in [1.29, 1.82) is 0 Å². The van der Waals surface area contributed by atoms with Crippen LogP contribution in [0.15, 0.2) is 12.3 Å². The molecule has 114 valence electrons. The SMILES string of the molecule is O=C(NC1CCCCC1CO)c1cc(Cl)ncc1[N+](=O)[O-]. The maximum atomic E-state index is 12.3. The molecule has 0 saturated heterocycles. The molecular formula is C13H16ClN3O4. The Bertz CT molecular complexity index is 552. The molecule has 21 heavy (non-hydrogen) atoms. The first-order valence-electron chi connectivity index (χ1n) is 6.74. The molecule has 1 aromatic heterocycles. The number of aromatic nitrogens is 1. The molecule has 0 aliphatic heterocycles. The van der Waals surface area contributed by atoms with Gasteiger partial charge in [-0.3, -0.25) is 14.9 Å².